The number of rotatable bonds is 5. The highest BCUT2D eigenvalue weighted by atomic mass is 79.9. The van der Waals surface area contributed by atoms with Gasteiger partial charge in [0.05, 0.1) is 6.54 Å². The van der Waals surface area contributed by atoms with Crippen molar-refractivity contribution < 1.29 is 9.53 Å². The fraction of sp³-hybridized carbons (Fsp3) is 0.188. The Kier molecular flexibility index (Phi) is 5.65. The molecule has 3 nitrogen and oxygen atoms in total. The molecule has 0 radical (unpaired) electrons. The fourth-order valence-corrected chi connectivity index (χ4v) is 2.29. The first-order valence-electron chi connectivity index (χ1n) is 6.49. The van der Waals surface area contributed by atoms with Crippen LogP contribution in [0.4, 0.5) is 0 Å². The van der Waals surface area contributed by atoms with Gasteiger partial charge in [-0.05, 0) is 48.9 Å². The lowest BCUT2D eigenvalue weighted by Crippen LogP contribution is -2.28. The second-order valence-corrected chi connectivity index (χ2v) is 5.85. The normalized spacial score (nSPS) is 10.2. The van der Waals surface area contributed by atoms with Crippen LogP contribution in [0.5, 0.6) is 5.75 Å². The standard InChI is InChI=1S/C16H15BrClNO2/c1-11-9-14(5-6-15(11)18)21-8-7-19-16(20)12-3-2-4-13(17)10-12/h2-6,9-10H,7-8H2,1H3,(H,19,20). The van der Waals surface area contributed by atoms with Crippen molar-refractivity contribution in [1.82, 2.24) is 5.32 Å². The molecule has 0 heterocycles. The van der Waals surface area contributed by atoms with E-state index in [0.29, 0.717) is 23.7 Å². The van der Waals surface area contributed by atoms with Gasteiger partial charge < -0.3 is 10.1 Å². The predicted octanol–water partition coefficient (Wildman–Crippen LogP) is 4.22. The maximum atomic E-state index is 11.9. The Balaban J connectivity index is 1.79. The summed E-state index contributed by atoms with van der Waals surface area (Å²) in [6.07, 6.45) is 0. The molecule has 0 aliphatic rings. The topological polar surface area (TPSA) is 38.3 Å². The van der Waals surface area contributed by atoms with Gasteiger partial charge in [-0.2, -0.15) is 0 Å². The second kappa shape index (κ2) is 7.48. The number of carbonyl (C=O) groups is 1. The SMILES string of the molecule is Cc1cc(OCCNC(=O)c2cccc(Br)c2)ccc1Cl. The van der Waals surface area contributed by atoms with Gasteiger partial charge in [0.1, 0.15) is 12.4 Å². The smallest absolute Gasteiger partial charge is 0.251 e. The molecule has 0 spiro atoms. The first-order valence-corrected chi connectivity index (χ1v) is 7.66. The average Bonchev–Trinajstić information content (AvgIpc) is 2.47. The van der Waals surface area contributed by atoms with E-state index < -0.39 is 0 Å². The summed E-state index contributed by atoms with van der Waals surface area (Å²) >= 11 is 9.29. The van der Waals surface area contributed by atoms with E-state index in [9.17, 15) is 4.79 Å². The first-order chi connectivity index (χ1) is 10.1. The molecule has 0 bridgehead atoms. The lowest BCUT2D eigenvalue weighted by Gasteiger charge is -2.09. The van der Waals surface area contributed by atoms with Gasteiger partial charge in [-0.1, -0.05) is 33.6 Å². The van der Waals surface area contributed by atoms with E-state index in [1.165, 1.54) is 0 Å². The van der Waals surface area contributed by atoms with Crippen LogP contribution < -0.4 is 10.1 Å². The Labute approximate surface area is 137 Å². The number of aryl methyl sites for hydroxylation is 1. The van der Waals surface area contributed by atoms with Gasteiger partial charge in [0.2, 0.25) is 0 Å². The van der Waals surface area contributed by atoms with Gasteiger partial charge in [0.15, 0.2) is 0 Å². The molecule has 2 rings (SSSR count). The minimum Gasteiger partial charge on any atom is -0.492 e. The molecule has 21 heavy (non-hydrogen) atoms. The van der Waals surface area contributed by atoms with Crippen LogP contribution in [0.1, 0.15) is 15.9 Å². The Bertz CT molecular complexity index is 646. The molecule has 0 unspecified atom stereocenters. The van der Waals surface area contributed by atoms with E-state index >= 15 is 0 Å². The van der Waals surface area contributed by atoms with Gasteiger partial charge in [-0.25, -0.2) is 0 Å². The quantitative estimate of drug-likeness (QED) is 0.803. The van der Waals surface area contributed by atoms with Crippen LogP contribution in [-0.2, 0) is 0 Å². The maximum Gasteiger partial charge on any atom is 0.251 e. The monoisotopic (exact) mass is 367 g/mol. The molecule has 1 N–H and O–H groups in total. The summed E-state index contributed by atoms with van der Waals surface area (Å²) < 4.78 is 6.45. The molecule has 0 aliphatic heterocycles. The third-order valence-electron chi connectivity index (χ3n) is 2.87. The van der Waals surface area contributed by atoms with E-state index in [4.69, 9.17) is 16.3 Å². The van der Waals surface area contributed by atoms with E-state index in [0.717, 1.165) is 15.8 Å². The molecular formula is C16H15BrClNO2. The molecule has 0 aliphatic carbocycles. The fourth-order valence-electron chi connectivity index (χ4n) is 1.77. The summed E-state index contributed by atoms with van der Waals surface area (Å²) in [4.78, 5) is 11.9. The lowest BCUT2D eigenvalue weighted by molar-refractivity contribution is 0.0947. The molecule has 0 saturated carbocycles. The van der Waals surface area contributed by atoms with Crippen LogP contribution >= 0.6 is 27.5 Å². The molecule has 2 aromatic carbocycles. The van der Waals surface area contributed by atoms with E-state index in [1.54, 1.807) is 18.2 Å². The van der Waals surface area contributed by atoms with Crippen LogP contribution in [0.2, 0.25) is 5.02 Å². The number of hydrogen-bond donors (Lipinski definition) is 1. The second-order valence-electron chi connectivity index (χ2n) is 4.53. The zero-order chi connectivity index (χ0) is 15.2. The number of ether oxygens (including phenoxy) is 1. The predicted molar refractivity (Wildman–Crippen MR) is 88.2 cm³/mol. The summed E-state index contributed by atoms with van der Waals surface area (Å²) in [6, 6.07) is 12.7. The van der Waals surface area contributed by atoms with E-state index in [2.05, 4.69) is 21.2 Å². The van der Waals surface area contributed by atoms with Gasteiger partial charge in [0, 0.05) is 15.1 Å². The Morgan fingerprint density at radius 2 is 2.10 bits per heavy atom. The molecule has 0 saturated heterocycles. The Morgan fingerprint density at radius 3 is 2.81 bits per heavy atom. The molecule has 0 aromatic heterocycles. The van der Waals surface area contributed by atoms with Crippen LogP contribution in [0, 0.1) is 6.92 Å². The molecule has 2 aromatic rings. The molecule has 0 fully saturated rings. The highest BCUT2D eigenvalue weighted by molar-refractivity contribution is 9.10. The highest BCUT2D eigenvalue weighted by Crippen LogP contribution is 2.20. The zero-order valence-electron chi connectivity index (χ0n) is 11.5. The minimum absolute atomic E-state index is 0.118. The zero-order valence-corrected chi connectivity index (χ0v) is 13.9. The minimum atomic E-state index is -0.118. The third kappa shape index (κ3) is 4.76. The van der Waals surface area contributed by atoms with Gasteiger partial charge >= 0.3 is 0 Å². The van der Waals surface area contributed by atoms with Crippen molar-refractivity contribution >= 4 is 33.4 Å². The van der Waals surface area contributed by atoms with Crippen molar-refractivity contribution in [3.8, 4) is 5.75 Å². The van der Waals surface area contributed by atoms with Gasteiger partial charge in [-0.15, -0.1) is 0 Å². The Morgan fingerprint density at radius 1 is 1.29 bits per heavy atom. The molecule has 5 heteroatoms. The van der Waals surface area contributed by atoms with Crippen molar-refractivity contribution in [3.63, 3.8) is 0 Å². The van der Waals surface area contributed by atoms with Gasteiger partial charge in [0.25, 0.3) is 5.91 Å². The number of benzene rings is 2. The van der Waals surface area contributed by atoms with Crippen molar-refractivity contribution in [1.29, 1.82) is 0 Å². The van der Waals surface area contributed by atoms with Crippen molar-refractivity contribution in [3.05, 3.63) is 63.1 Å². The number of nitrogens with one attached hydrogen (secondary N) is 1. The molecule has 0 atom stereocenters. The summed E-state index contributed by atoms with van der Waals surface area (Å²) in [7, 11) is 0. The third-order valence-corrected chi connectivity index (χ3v) is 3.79. The number of amides is 1. The van der Waals surface area contributed by atoms with Gasteiger partial charge in [-0.3, -0.25) is 4.79 Å². The summed E-state index contributed by atoms with van der Waals surface area (Å²) in [5.74, 6) is 0.626. The van der Waals surface area contributed by atoms with Crippen molar-refractivity contribution in [2.75, 3.05) is 13.2 Å². The largest absolute Gasteiger partial charge is 0.492 e. The van der Waals surface area contributed by atoms with Crippen LogP contribution in [0.15, 0.2) is 46.9 Å². The molecular weight excluding hydrogens is 354 g/mol. The number of hydrogen-bond acceptors (Lipinski definition) is 2. The Hall–Kier alpha value is -1.52. The van der Waals surface area contributed by atoms with Crippen molar-refractivity contribution in [2.45, 2.75) is 6.92 Å². The molecule has 1 amide bonds. The molecule has 110 valence electrons. The lowest BCUT2D eigenvalue weighted by atomic mass is 10.2. The first kappa shape index (κ1) is 15.9. The summed E-state index contributed by atoms with van der Waals surface area (Å²) in [5.41, 5.74) is 1.58. The van der Waals surface area contributed by atoms with Crippen molar-refractivity contribution in [2.24, 2.45) is 0 Å². The summed E-state index contributed by atoms with van der Waals surface area (Å²) in [5, 5.41) is 3.52. The summed E-state index contributed by atoms with van der Waals surface area (Å²) in [6.45, 7) is 2.76. The maximum absolute atomic E-state index is 11.9. The van der Waals surface area contributed by atoms with Crippen LogP contribution in [0.25, 0.3) is 0 Å². The van der Waals surface area contributed by atoms with E-state index in [-0.39, 0.29) is 5.91 Å². The van der Waals surface area contributed by atoms with Crippen LogP contribution in [0.3, 0.4) is 0 Å². The van der Waals surface area contributed by atoms with Crippen LogP contribution in [-0.4, -0.2) is 19.1 Å². The number of halogens is 2. The highest BCUT2D eigenvalue weighted by Gasteiger charge is 2.05. The van der Waals surface area contributed by atoms with E-state index in [1.807, 2.05) is 31.2 Å². The number of carbonyl (C=O) groups excluding carboxylic acids is 1. The average molecular weight is 369 g/mol.